The highest BCUT2D eigenvalue weighted by molar-refractivity contribution is 5.93. The lowest BCUT2D eigenvalue weighted by molar-refractivity contribution is -0.116. The number of aromatic nitrogens is 2. The number of hydrogen-bond acceptors (Lipinski definition) is 4. The van der Waals surface area contributed by atoms with Crippen LogP contribution in [0.5, 0.6) is 5.75 Å². The number of carbonyl (C=O) groups excluding carboxylic acids is 1. The number of nitrogens with zero attached hydrogens (tertiary/aromatic N) is 3. The van der Waals surface area contributed by atoms with Crippen LogP contribution in [0.15, 0.2) is 36.7 Å². The number of fused-ring (bicyclic) bond motifs is 1. The van der Waals surface area contributed by atoms with Crippen LogP contribution < -0.4 is 10.1 Å². The Bertz CT molecular complexity index is 729. The Morgan fingerprint density at radius 2 is 2.28 bits per heavy atom. The molecule has 1 saturated heterocycles. The molecule has 4 rings (SSSR count). The molecule has 0 saturated carbocycles. The summed E-state index contributed by atoms with van der Waals surface area (Å²) in [5.41, 5.74) is 2.08. The normalized spacial score (nSPS) is 20.3. The molecule has 3 heterocycles. The van der Waals surface area contributed by atoms with Crippen molar-refractivity contribution >= 4 is 11.6 Å². The van der Waals surface area contributed by atoms with E-state index >= 15 is 0 Å². The molecule has 1 N–H and O–H groups in total. The Balaban J connectivity index is 1.29. The molecular weight excluding hydrogens is 316 g/mol. The van der Waals surface area contributed by atoms with Crippen molar-refractivity contribution in [1.29, 1.82) is 0 Å². The third-order valence-electron chi connectivity index (χ3n) is 5.08. The number of anilines is 1. The Morgan fingerprint density at radius 3 is 3.16 bits per heavy atom. The Labute approximate surface area is 147 Å². The molecule has 1 aromatic carbocycles. The third-order valence-corrected chi connectivity index (χ3v) is 5.08. The Morgan fingerprint density at radius 1 is 1.32 bits per heavy atom. The van der Waals surface area contributed by atoms with Gasteiger partial charge in [0.05, 0.1) is 6.54 Å². The molecule has 2 aromatic rings. The number of aryl methyl sites for hydroxylation is 1. The third kappa shape index (κ3) is 3.85. The molecule has 1 fully saturated rings. The predicted molar refractivity (Wildman–Crippen MR) is 95.7 cm³/mol. The highest BCUT2D eigenvalue weighted by Crippen LogP contribution is 2.27. The second-order valence-corrected chi connectivity index (χ2v) is 6.78. The van der Waals surface area contributed by atoms with Crippen molar-refractivity contribution in [3.05, 3.63) is 42.2 Å². The van der Waals surface area contributed by atoms with Crippen LogP contribution in [0.3, 0.4) is 0 Å². The van der Waals surface area contributed by atoms with E-state index in [9.17, 15) is 4.79 Å². The SMILES string of the molecule is O=C1CCc2cc(OCCN3CCC[C@@H]3Cn3cccn3)ccc2N1. The molecule has 1 atom stereocenters. The zero-order chi connectivity index (χ0) is 17.1. The molecule has 0 radical (unpaired) electrons. The second kappa shape index (κ2) is 7.27. The first kappa shape index (κ1) is 16.1. The molecule has 2 aliphatic heterocycles. The average molecular weight is 340 g/mol. The lowest BCUT2D eigenvalue weighted by Gasteiger charge is -2.24. The van der Waals surface area contributed by atoms with Gasteiger partial charge in [0.1, 0.15) is 12.4 Å². The predicted octanol–water partition coefficient (Wildman–Crippen LogP) is 2.31. The fourth-order valence-corrected chi connectivity index (χ4v) is 3.75. The summed E-state index contributed by atoms with van der Waals surface area (Å²) in [7, 11) is 0. The summed E-state index contributed by atoms with van der Waals surface area (Å²) < 4.78 is 7.98. The lowest BCUT2D eigenvalue weighted by Crippen LogP contribution is -2.36. The first-order valence-corrected chi connectivity index (χ1v) is 9.05. The van der Waals surface area contributed by atoms with Gasteiger partial charge in [0.25, 0.3) is 0 Å². The van der Waals surface area contributed by atoms with Gasteiger partial charge in [0.2, 0.25) is 5.91 Å². The van der Waals surface area contributed by atoms with E-state index in [0.29, 0.717) is 19.1 Å². The molecule has 132 valence electrons. The minimum Gasteiger partial charge on any atom is -0.492 e. The number of hydrogen-bond donors (Lipinski definition) is 1. The van der Waals surface area contributed by atoms with Gasteiger partial charge >= 0.3 is 0 Å². The molecule has 0 spiro atoms. The van der Waals surface area contributed by atoms with Crippen molar-refractivity contribution in [2.75, 3.05) is 25.0 Å². The van der Waals surface area contributed by atoms with E-state index < -0.39 is 0 Å². The van der Waals surface area contributed by atoms with Crippen LogP contribution in [0.25, 0.3) is 0 Å². The standard InChI is InChI=1S/C19H24N4O2/c24-19-7-4-15-13-17(5-6-18(15)21-19)25-12-11-22-9-1-3-16(22)14-23-10-2-8-20-23/h2,5-6,8,10,13,16H,1,3-4,7,9,11-12,14H2,(H,21,24)/t16-/m1/s1. The molecule has 2 aliphatic rings. The number of amides is 1. The van der Waals surface area contributed by atoms with Crippen LogP contribution in [0.2, 0.25) is 0 Å². The molecule has 6 heteroatoms. The van der Waals surface area contributed by atoms with E-state index in [1.807, 2.05) is 35.3 Å². The van der Waals surface area contributed by atoms with Crippen LogP contribution >= 0.6 is 0 Å². The molecule has 0 unspecified atom stereocenters. The van der Waals surface area contributed by atoms with Gasteiger partial charge in [-0.05, 0) is 55.6 Å². The van der Waals surface area contributed by atoms with Crippen LogP contribution in [-0.2, 0) is 17.8 Å². The molecule has 0 bridgehead atoms. The van der Waals surface area contributed by atoms with E-state index in [2.05, 4.69) is 21.4 Å². The van der Waals surface area contributed by atoms with Gasteiger partial charge in [-0.1, -0.05) is 0 Å². The van der Waals surface area contributed by atoms with Crippen molar-refractivity contribution in [2.45, 2.75) is 38.3 Å². The summed E-state index contributed by atoms with van der Waals surface area (Å²) in [4.78, 5) is 13.9. The number of rotatable bonds is 6. The lowest BCUT2D eigenvalue weighted by atomic mass is 10.0. The van der Waals surface area contributed by atoms with E-state index in [1.54, 1.807) is 0 Å². The first-order valence-electron chi connectivity index (χ1n) is 9.05. The monoisotopic (exact) mass is 340 g/mol. The fourth-order valence-electron chi connectivity index (χ4n) is 3.75. The largest absolute Gasteiger partial charge is 0.492 e. The number of ether oxygens (including phenoxy) is 1. The van der Waals surface area contributed by atoms with Crippen LogP contribution in [-0.4, -0.2) is 46.3 Å². The number of nitrogens with one attached hydrogen (secondary N) is 1. The fraction of sp³-hybridized carbons (Fsp3) is 0.474. The van der Waals surface area contributed by atoms with Crippen molar-refractivity contribution in [2.24, 2.45) is 0 Å². The van der Waals surface area contributed by atoms with E-state index in [-0.39, 0.29) is 5.91 Å². The van der Waals surface area contributed by atoms with E-state index in [0.717, 1.165) is 43.1 Å². The number of carbonyl (C=O) groups is 1. The second-order valence-electron chi connectivity index (χ2n) is 6.78. The van der Waals surface area contributed by atoms with Gasteiger partial charge in [-0.2, -0.15) is 5.10 Å². The molecule has 1 aromatic heterocycles. The number of likely N-dealkylation sites (tertiary alicyclic amines) is 1. The van der Waals surface area contributed by atoms with Crippen molar-refractivity contribution < 1.29 is 9.53 Å². The maximum absolute atomic E-state index is 11.4. The van der Waals surface area contributed by atoms with Crippen LogP contribution in [0.4, 0.5) is 5.69 Å². The summed E-state index contributed by atoms with van der Waals surface area (Å²) in [6.45, 7) is 3.69. The zero-order valence-corrected chi connectivity index (χ0v) is 14.4. The minimum atomic E-state index is 0.0958. The summed E-state index contributed by atoms with van der Waals surface area (Å²) in [6.07, 6.45) is 7.67. The highest BCUT2D eigenvalue weighted by atomic mass is 16.5. The van der Waals surface area contributed by atoms with Gasteiger partial charge in [-0.25, -0.2) is 0 Å². The van der Waals surface area contributed by atoms with Crippen molar-refractivity contribution in [3.8, 4) is 5.75 Å². The first-order chi connectivity index (χ1) is 12.3. The number of benzene rings is 1. The van der Waals surface area contributed by atoms with Gasteiger partial charge in [0.15, 0.2) is 0 Å². The summed E-state index contributed by atoms with van der Waals surface area (Å²) in [5.74, 6) is 0.983. The van der Waals surface area contributed by atoms with Crippen LogP contribution in [0.1, 0.15) is 24.8 Å². The maximum Gasteiger partial charge on any atom is 0.224 e. The van der Waals surface area contributed by atoms with Gasteiger partial charge < -0.3 is 10.1 Å². The Kier molecular flexibility index (Phi) is 4.70. The molecule has 6 nitrogen and oxygen atoms in total. The minimum absolute atomic E-state index is 0.0958. The van der Waals surface area contributed by atoms with Crippen LogP contribution in [0, 0.1) is 0 Å². The molecule has 25 heavy (non-hydrogen) atoms. The highest BCUT2D eigenvalue weighted by Gasteiger charge is 2.24. The Hall–Kier alpha value is -2.34. The molecule has 1 amide bonds. The topological polar surface area (TPSA) is 59.4 Å². The van der Waals surface area contributed by atoms with E-state index in [4.69, 9.17) is 4.74 Å². The van der Waals surface area contributed by atoms with Crippen molar-refractivity contribution in [3.63, 3.8) is 0 Å². The zero-order valence-electron chi connectivity index (χ0n) is 14.4. The van der Waals surface area contributed by atoms with E-state index in [1.165, 1.54) is 12.8 Å². The smallest absolute Gasteiger partial charge is 0.224 e. The molecular formula is C19H24N4O2. The van der Waals surface area contributed by atoms with Gasteiger partial charge in [-0.3, -0.25) is 14.4 Å². The summed E-state index contributed by atoms with van der Waals surface area (Å²) in [5, 5.41) is 7.22. The summed E-state index contributed by atoms with van der Waals surface area (Å²) >= 11 is 0. The quantitative estimate of drug-likeness (QED) is 0.877. The van der Waals surface area contributed by atoms with Gasteiger partial charge in [0, 0.05) is 37.1 Å². The molecule has 0 aliphatic carbocycles. The average Bonchev–Trinajstić information content (AvgIpc) is 3.28. The van der Waals surface area contributed by atoms with Gasteiger partial charge in [-0.15, -0.1) is 0 Å². The maximum atomic E-state index is 11.4. The summed E-state index contributed by atoms with van der Waals surface area (Å²) in [6, 6.07) is 8.46. The van der Waals surface area contributed by atoms with Crippen molar-refractivity contribution in [1.82, 2.24) is 14.7 Å².